The van der Waals surface area contributed by atoms with Gasteiger partial charge in [-0.15, -0.1) is 0 Å². The molecular weight excluding hydrogens is 256 g/mol. The number of hydrogen-bond acceptors (Lipinski definition) is 1. The van der Waals surface area contributed by atoms with Crippen LogP contribution in [0.5, 0.6) is 0 Å². The van der Waals surface area contributed by atoms with Gasteiger partial charge in [0.1, 0.15) is 5.82 Å². The zero-order valence-corrected chi connectivity index (χ0v) is 8.14. The van der Waals surface area contributed by atoms with Crippen molar-refractivity contribution in [2.45, 2.75) is 6.42 Å². The third-order valence-electron chi connectivity index (χ3n) is 1.46. The first-order valence-electron chi connectivity index (χ1n) is 3.38. The summed E-state index contributed by atoms with van der Waals surface area (Å²) in [6, 6.07) is 5.05. The largest absolute Gasteiger partial charge is 0.330 e. The van der Waals surface area contributed by atoms with Gasteiger partial charge in [-0.1, -0.05) is 6.07 Å². The Labute approximate surface area is 78.9 Å². The van der Waals surface area contributed by atoms with E-state index < -0.39 is 0 Å². The van der Waals surface area contributed by atoms with E-state index in [-0.39, 0.29) is 5.82 Å². The molecule has 0 aliphatic carbocycles. The second-order valence-corrected chi connectivity index (χ2v) is 3.40. The molecule has 0 heterocycles. The maximum absolute atomic E-state index is 13.0. The maximum Gasteiger partial charge on any atom is 0.127 e. The van der Waals surface area contributed by atoms with Crippen LogP contribution in [0.4, 0.5) is 4.39 Å². The quantitative estimate of drug-likeness (QED) is 0.812. The van der Waals surface area contributed by atoms with Gasteiger partial charge in [0.05, 0.1) is 0 Å². The maximum atomic E-state index is 13.0. The van der Waals surface area contributed by atoms with Crippen LogP contribution in [-0.2, 0) is 6.42 Å². The third kappa shape index (κ3) is 2.13. The Bertz CT molecular complexity index is 230. The molecular formula is C8H9FIN. The van der Waals surface area contributed by atoms with Crippen molar-refractivity contribution >= 4 is 22.6 Å². The van der Waals surface area contributed by atoms with Crippen molar-refractivity contribution in [3.05, 3.63) is 33.1 Å². The molecule has 0 aliphatic heterocycles. The monoisotopic (exact) mass is 265 g/mol. The predicted octanol–water partition coefficient (Wildman–Crippen LogP) is 1.93. The van der Waals surface area contributed by atoms with E-state index >= 15 is 0 Å². The summed E-state index contributed by atoms with van der Waals surface area (Å²) in [6.07, 6.45) is 0.616. The van der Waals surface area contributed by atoms with Crippen molar-refractivity contribution in [1.82, 2.24) is 0 Å². The Morgan fingerprint density at radius 1 is 1.45 bits per heavy atom. The van der Waals surface area contributed by atoms with Gasteiger partial charge >= 0.3 is 0 Å². The lowest BCUT2D eigenvalue weighted by molar-refractivity contribution is 0.608. The molecule has 0 atom stereocenters. The zero-order chi connectivity index (χ0) is 8.27. The molecule has 1 rings (SSSR count). The van der Waals surface area contributed by atoms with E-state index in [0.29, 0.717) is 13.0 Å². The zero-order valence-electron chi connectivity index (χ0n) is 5.98. The summed E-state index contributed by atoms with van der Waals surface area (Å²) in [6.45, 7) is 0.497. The highest BCUT2D eigenvalue weighted by Gasteiger charge is 2.03. The summed E-state index contributed by atoms with van der Waals surface area (Å²) in [5.74, 6) is -0.151. The Morgan fingerprint density at radius 3 is 2.73 bits per heavy atom. The minimum Gasteiger partial charge on any atom is -0.330 e. The van der Waals surface area contributed by atoms with Gasteiger partial charge in [0.25, 0.3) is 0 Å². The number of benzene rings is 1. The molecule has 2 N–H and O–H groups in total. The lowest BCUT2D eigenvalue weighted by Gasteiger charge is -2.02. The van der Waals surface area contributed by atoms with Crippen molar-refractivity contribution in [1.29, 1.82) is 0 Å². The van der Waals surface area contributed by atoms with Crippen molar-refractivity contribution in [3.8, 4) is 0 Å². The standard InChI is InChI=1S/C8H9FIN/c9-7-2-1-3-8(10)6(7)4-5-11/h1-3H,4-5,11H2. The van der Waals surface area contributed by atoms with Crippen molar-refractivity contribution in [3.63, 3.8) is 0 Å². The minimum absolute atomic E-state index is 0.151. The number of hydrogen-bond donors (Lipinski definition) is 1. The Hall–Kier alpha value is -0.160. The molecule has 11 heavy (non-hydrogen) atoms. The molecule has 0 bridgehead atoms. The van der Waals surface area contributed by atoms with Gasteiger partial charge in [-0.3, -0.25) is 0 Å². The van der Waals surface area contributed by atoms with Crippen LogP contribution in [0.2, 0.25) is 0 Å². The van der Waals surface area contributed by atoms with Gasteiger partial charge in [0.15, 0.2) is 0 Å². The normalized spacial score (nSPS) is 10.1. The SMILES string of the molecule is NCCc1c(F)cccc1I. The first-order valence-corrected chi connectivity index (χ1v) is 4.46. The first-order chi connectivity index (χ1) is 5.25. The van der Waals surface area contributed by atoms with Crippen molar-refractivity contribution in [2.24, 2.45) is 5.73 Å². The molecule has 0 unspecified atom stereocenters. The number of rotatable bonds is 2. The van der Waals surface area contributed by atoms with Crippen LogP contribution >= 0.6 is 22.6 Å². The summed E-state index contributed by atoms with van der Waals surface area (Å²) in [5.41, 5.74) is 6.06. The molecule has 0 aliphatic rings. The Kier molecular flexibility index (Phi) is 3.26. The van der Waals surface area contributed by atoms with Gasteiger partial charge < -0.3 is 5.73 Å². The van der Waals surface area contributed by atoms with E-state index in [2.05, 4.69) is 22.6 Å². The van der Waals surface area contributed by atoms with Crippen LogP contribution < -0.4 is 5.73 Å². The topological polar surface area (TPSA) is 26.0 Å². The van der Waals surface area contributed by atoms with Crippen LogP contribution in [-0.4, -0.2) is 6.54 Å². The van der Waals surface area contributed by atoms with E-state index in [0.717, 1.165) is 9.13 Å². The lowest BCUT2D eigenvalue weighted by atomic mass is 10.1. The summed E-state index contributed by atoms with van der Waals surface area (Å²) in [7, 11) is 0. The molecule has 3 heteroatoms. The highest BCUT2D eigenvalue weighted by Crippen LogP contribution is 2.15. The molecule has 1 aromatic carbocycles. The van der Waals surface area contributed by atoms with Crippen LogP contribution in [0.1, 0.15) is 5.56 Å². The van der Waals surface area contributed by atoms with Gasteiger partial charge in [-0.2, -0.15) is 0 Å². The van der Waals surface area contributed by atoms with Gasteiger partial charge in [-0.25, -0.2) is 4.39 Å². The first kappa shape index (κ1) is 8.93. The van der Waals surface area contributed by atoms with E-state index in [1.807, 2.05) is 6.07 Å². The number of nitrogens with two attached hydrogens (primary N) is 1. The molecule has 0 aromatic heterocycles. The van der Waals surface area contributed by atoms with E-state index in [1.165, 1.54) is 6.07 Å². The summed E-state index contributed by atoms with van der Waals surface area (Å²) in [4.78, 5) is 0. The average molecular weight is 265 g/mol. The average Bonchev–Trinajstić information content (AvgIpc) is 1.97. The van der Waals surface area contributed by atoms with Gasteiger partial charge in [0, 0.05) is 9.13 Å². The second kappa shape index (κ2) is 4.01. The minimum atomic E-state index is -0.151. The van der Waals surface area contributed by atoms with Crippen LogP contribution in [0, 0.1) is 9.39 Å². The van der Waals surface area contributed by atoms with Crippen LogP contribution in [0.15, 0.2) is 18.2 Å². The van der Waals surface area contributed by atoms with Crippen LogP contribution in [0.3, 0.4) is 0 Å². The summed E-state index contributed by atoms with van der Waals surface area (Å²) in [5, 5.41) is 0. The molecule has 0 saturated heterocycles. The molecule has 0 spiro atoms. The second-order valence-electron chi connectivity index (χ2n) is 2.24. The summed E-state index contributed by atoms with van der Waals surface area (Å²) < 4.78 is 13.9. The molecule has 1 nitrogen and oxygen atoms in total. The molecule has 0 radical (unpaired) electrons. The highest BCUT2D eigenvalue weighted by molar-refractivity contribution is 14.1. The molecule has 0 fully saturated rings. The molecule has 0 saturated carbocycles. The fraction of sp³-hybridized carbons (Fsp3) is 0.250. The molecule has 1 aromatic rings. The van der Waals surface area contributed by atoms with E-state index in [9.17, 15) is 4.39 Å². The van der Waals surface area contributed by atoms with E-state index in [1.54, 1.807) is 6.07 Å². The van der Waals surface area contributed by atoms with Gasteiger partial charge in [0.2, 0.25) is 0 Å². The molecule has 60 valence electrons. The fourth-order valence-electron chi connectivity index (χ4n) is 0.916. The van der Waals surface area contributed by atoms with E-state index in [4.69, 9.17) is 5.73 Å². The molecule has 0 amide bonds. The smallest absolute Gasteiger partial charge is 0.127 e. The highest BCUT2D eigenvalue weighted by atomic mass is 127. The van der Waals surface area contributed by atoms with Gasteiger partial charge in [-0.05, 0) is 47.7 Å². The van der Waals surface area contributed by atoms with Crippen molar-refractivity contribution < 1.29 is 4.39 Å². The Balaban J connectivity index is 3.00. The number of halogens is 2. The van der Waals surface area contributed by atoms with Crippen LogP contribution in [0.25, 0.3) is 0 Å². The predicted molar refractivity (Wildman–Crippen MR) is 51.9 cm³/mol. The Morgan fingerprint density at radius 2 is 2.18 bits per heavy atom. The summed E-state index contributed by atoms with van der Waals surface area (Å²) >= 11 is 2.11. The fourth-order valence-corrected chi connectivity index (χ4v) is 1.65. The van der Waals surface area contributed by atoms with Crippen molar-refractivity contribution in [2.75, 3.05) is 6.54 Å². The third-order valence-corrected chi connectivity index (χ3v) is 2.47. The lowest BCUT2D eigenvalue weighted by Crippen LogP contribution is -2.05.